The van der Waals surface area contributed by atoms with E-state index in [1.807, 2.05) is 18.4 Å². The summed E-state index contributed by atoms with van der Waals surface area (Å²) in [4.78, 5) is 5.22. The van der Waals surface area contributed by atoms with Crippen molar-refractivity contribution in [2.24, 2.45) is 0 Å². The Morgan fingerprint density at radius 1 is 1.29 bits per heavy atom. The number of H-pyrrole nitrogens is 1. The topological polar surface area (TPSA) is 80.1 Å². The number of anilines is 1. The van der Waals surface area contributed by atoms with E-state index in [0.717, 1.165) is 16.2 Å². The highest BCUT2D eigenvalue weighted by Crippen LogP contribution is 2.37. The molecule has 0 fully saturated rings. The van der Waals surface area contributed by atoms with Crippen molar-refractivity contribution < 1.29 is 13.5 Å². The molecule has 0 saturated heterocycles. The molecule has 28 heavy (non-hydrogen) atoms. The van der Waals surface area contributed by atoms with Crippen molar-refractivity contribution in [1.29, 1.82) is 0 Å². The van der Waals surface area contributed by atoms with Gasteiger partial charge in [-0.25, -0.2) is 9.50 Å². The SMILES string of the molecule is CSc1ccc(OC(F)F)c(-c2[nH]ncc2NCc2cnc3cccnn23)c1. The van der Waals surface area contributed by atoms with Gasteiger partial charge in [0.15, 0.2) is 5.65 Å². The maximum Gasteiger partial charge on any atom is 0.387 e. The summed E-state index contributed by atoms with van der Waals surface area (Å²) in [7, 11) is 0. The molecule has 0 aliphatic heterocycles. The Balaban J connectivity index is 1.64. The predicted octanol–water partition coefficient (Wildman–Crippen LogP) is 4.05. The minimum absolute atomic E-state index is 0.0802. The molecule has 7 nitrogen and oxygen atoms in total. The van der Waals surface area contributed by atoms with E-state index in [0.29, 0.717) is 23.5 Å². The average Bonchev–Trinajstić information content (AvgIpc) is 3.33. The van der Waals surface area contributed by atoms with Gasteiger partial charge in [-0.3, -0.25) is 5.10 Å². The third-order valence-corrected chi connectivity index (χ3v) is 4.85. The van der Waals surface area contributed by atoms with Crippen molar-refractivity contribution in [3.8, 4) is 17.0 Å². The second-order valence-corrected chi connectivity index (χ2v) is 6.68. The van der Waals surface area contributed by atoms with E-state index in [2.05, 4.69) is 30.3 Å². The van der Waals surface area contributed by atoms with E-state index in [4.69, 9.17) is 0 Å². The van der Waals surface area contributed by atoms with Crippen LogP contribution < -0.4 is 10.1 Å². The summed E-state index contributed by atoms with van der Waals surface area (Å²) in [5.74, 6) is 0.0802. The number of hydrogen-bond acceptors (Lipinski definition) is 6. The Morgan fingerprint density at radius 2 is 2.18 bits per heavy atom. The molecule has 0 amide bonds. The van der Waals surface area contributed by atoms with Gasteiger partial charge in [-0.05, 0) is 36.6 Å². The number of nitrogens with one attached hydrogen (secondary N) is 2. The molecule has 4 aromatic rings. The van der Waals surface area contributed by atoms with Gasteiger partial charge in [-0.1, -0.05) is 0 Å². The van der Waals surface area contributed by atoms with E-state index in [1.54, 1.807) is 35.2 Å². The van der Waals surface area contributed by atoms with Crippen LogP contribution in [0, 0.1) is 0 Å². The third kappa shape index (κ3) is 3.63. The predicted molar refractivity (Wildman–Crippen MR) is 103 cm³/mol. The Labute approximate surface area is 163 Å². The maximum absolute atomic E-state index is 12.8. The molecule has 4 rings (SSSR count). The second kappa shape index (κ2) is 7.85. The zero-order valence-corrected chi connectivity index (χ0v) is 15.6. The van der Waals surface area contributed by atoms with E-state index in [1.165, 1.54) is 17.8 Å². The van der Waals surface area contributed by atoms with Crippen molar-refractivity contribution in [3.05, 3.63) is 54.6 Å². The first-order valence-electron chi connectivity index (χ1n) is 8.34. The number of nitrogens with zero attached hydrogens (tertiary/aromatic N) is 4. The molecule has 0 unspecified atom stereocenters. The van der Waals surface area contributed by atoms with Crippen LogP contribution in [0.2, 0.25) is 0 Å². The number of thioether (sulfide) groups is 1. The molecule has 2 N–H and O–H groups in total. The molecule has 10 heteroatoms. The lowest BCUT2D eigenvalue weighted by molar-refractivity contribution is -0.0494. The summed E-state index contributed by atoms with van der Waals surface area (Å²) in [6.07, 6.45) is 6.93. The minimum Gasteiger partial charge on any atom is -0.434 e. The number of hydrogen-bond donors (Lipinski definition) is 2. The Kier molecular flexibility index (Phi) is 5.11. The van der Waals surface area contributed by atoms with Gasteiger partial charge in [0, 0.05) is 16.7 Å². The standard InChI is InChI=1S/C18H16F2N6OS/c1-28-12-4-5-15(27-18(19)20)13(7-12)17-14(10-23-25-17)21-8-11-9-22-16-3-2-6-24-26(11)16/h2-7,9-10,18,21H,8H2,1H3,(H,23,25). The summed E-state index contributed by atoms with van der Waals surface area (Å²) in [5, 5.41) is 14.5. The van der Waals surface area contributed by atoms with Crippen LogP contribution >= 0.6 is 11.8 Å². The first-order chi connectivity index (χ1) is 13.7. The molecule has 0 spiro atoms. The normalized spacial score (nSPS) is 11.3. The molecular formula is C18H16F2N6OS. The number of aromatic nitrogens is 5. The van der Waals surface area contributed by atoms with Gasteiger partial charge in [0.05, 0.1) is 36.0 Å². The molecule has 0 aliphatic rings. The van der Waals surface area contributed by atoms with Crippen molar-refractivity contribution in [3.63, 3.8) is 0 Å². The Bertz CT molecular complexity index is 1100. The highest BCUT2D eigenvalue weighted by atomic mass is 32.2. The molecule has 1 aromatic carbocycles. The fraction of sp³-hybridized carbons (Fsp3) is 0.167. The number of alkyl halides is 2. The summed E-state index contributed by atoms with van der Waals surface area (Å²) >= 11 is 1.51. The summed E-state index contributed by atoms with van der Waals surface area (Å²) in [6.45, 7) is -2.49. The van der Waals surface area contributed by atoms with Gasteiger partial charge in [0.2, 0.25) is 0 Å². The van der Waals surface area contributed by atoms with Crippen LogP contribution in [0.1, 0.15) is 5.69 Å². The number of benzene rings is 1. The smallest absolute Gasteiger partial charge is 0.387 e. The number of rotatable bonds is 7. The van der Waals surface area contributed by atoms with Crippen molar-refractivity contribution in [2.45, 2.75) is 18.1 Å². The molecule has 3 aromatic heterocycles. The number of fused-ring (bicyclic) bond motifs is 1. The fourth-order valence-electron chi connectivity index (χ4n) is 2.84. The van der Waals surface area contributed by atoms with Crippen molar-refractivity contribution in [1.82, 2.24) is 24.8 Å². The molecule has 0 saturated carbocycles. The third-order valence-electron chi connectivity index (χ3n) is 4.12. The molecule has 0 bridgehead atoms. The molecule has 0 aliphatic carbocycles. The number of halogens is 2. The first kappa shape index (κ1) is 18.2. The Morgan fingerprint density at radius 3 is 3.00 bits per heavy atom. The van der Waals surface area contributed by atoms with Crippen LogP contribution in [0.5, 0.6) is 5.75 Å². The van der Waals surface area contributed by atoms with Crippen molar-refractivity contribution in [2.75, 3.05) is 11.6 Å². The number of imidazole rings is 1. The lowest BCUT2D eigenvalue weighted by Gasteiger charge is -2.13. The van der Waals surface area contributed by atoms with Crippen LogP contribution in [0.3, 0.4) is 0 Å². The van der Waals surface area contributed by atoms with E-state index in [9.17, 15) is 8.78 Å². The van der Waals surface area contributed by atoms with Crippen molar-refractivity contribution >= 4 is 23.1 Å². The van der Waals surface area contributed by atoms with E-state index >= 15 is 0 Å². The maximum atomic E-state index is 12.8. The second-order valence-electron chi connectivity index (χ2n) is 5.80. The molecule has 0 radical (unpaired) electrons. The lowest BCUT2D eigenvalue weighted by Crippen LogP contribution is -2.06. The van der Waals surface area contributed by atoms with Gasteiger partial charge in [-0.2, -0.15) is 19.0 Å². The van der Waals surface area contributed by atoms with E-state index < -0.39 is 6.61 Å². The summed E-state index contributed by atoms with van der Waals surface area (Å²) < 4.78 is 32.1. The number of ether oxygens (including phenoxy) is 1. The molecule has 3 heterocycles. The minimum atomic E-state index is -2.91. The molecule has 144 valence electrons. The molecule has 0 atom stereocenters. The molecular weight excluding hydrogens is 386 g/mol. The van der Waals surface area contributed by atoms with Gasteiger partial charge >= 0.3 is 6.61 Å². The van der Waals surface area contributed by atoms with Crippen LogP contribution in [0.4, 0.5) is 14.5 Å². The van der Waals surface area contributed by atoms with Crippen LogP contribution in [-0.4, -0.2) is 37.7 Å². The van der Waals surface area contributed by atoms with Gasteiger partial charge in [0.1, 0.15) is 5.75 Å². The monoisotopic (exact) mass is 402 g/mol. The van der Waals surface area contributed by atoms with E-state index in [-0.39, 0.29) is 5.75 Å². The van der Waals surface area contributed by atoms with Crippen LogP contribution in [-0.2, 0) is 6.54 Å². The Hall–Kier alpha value is -3.14. The fourth-order valence-corrected chi connectivity index (χ4v) is 3.28. The number of aromatic amines is 1. The van der Waals surface area contributed by atoms with Gasteiger partial charge in [-0.15, -0.1) is 11.8 Å². The largest absolute Gasteiger partial charge is 0.434 e. The van der Waals surface area contributed by atoms with Gasteiger partial charge < -0.3 is 10.1 Å². The highest BCUT2D eigenvalue weighted by Gasteiger charge is 2.17. The van der Waals surface area contributed by atoms with Gasteiger partial charge in [0.25, 0.3) is 0 Å². The summed E-state index contributed by atoms with van der Waals surface area (Å²) in [5.41, 5.74) is 3.32. The van der Waals surface area contributed by atoms with Crippen LogP contribution in [0.15, 0.2) is 53.8 Å². The quantitative estimate of drug-likeness (QED) is 0.454. The zero-order chi connectivity index (χ0) is 19.5. The highest BCUT2D eigenvalue weighted by molar-refractivity contribution is 7.98. The average molecular weight is 402 g/mol. The zero-order valence-electron chi connectivity index (χ0n) is 14.8. The van der Waals surface area contributed by atoms with Crippen LogP contribution in [0.25, 0.3) is 16.9 Å². The lowest BCUT2D eigenvalue weighted by atomic mass is 10.1. The first-order valence-corrected chi connectivity index (χ1v) is 9.56. The summed E-state index contributed by atoms with van der Waals surface area (Å²) in [6, 6.07) is 8.74.